The SMILES string of the molecule is CSCCC(NC(=O)C(CCCCN)NC(=O)C(NC(=O)C1CCCN1)C(C)C)C(=O)O. The van der Waals surface area contributed by atoms with Crippen LogP contribution in [0.4, 0.5) is 0 Å². The molecule has 1 fully saturated rings. The lowest BCUT2D eigenvalue weighted by molar-refractivity contribution is -0.142. The molecular formula is C21H39N5O5S. The number of rotatable bonds is 15. The van der Waals surface area contributed by atoms with Crippen molar-refractivity contribution in [1.29, 1.82) is 0 Å². The summed E-state index contributed by atoms with van der Waals surface area (Å²) in [5, 5.41) is 20.6. The van der Waals surface area contributed by atoms with Crippen LogP contribution in [0.5, 0.6) is 0 Å². The van der Waals surface area contributed by atoms with E-state index in [1.165, 1.54) is 11.8 Å². The molecule has 0 aromatic carbocycles. The third-order valence-electron chi connectivity index (χ3n) is 5.43. The van der Waals surface area contributed by atoms with Gasteiger partial charge in [-0.15, -0.1) is 0 Å². The van der Waals surface area contributed by atoms with E-state index in [-0.39, 0.29) is 24.3 Å². The van der Waals surface area contributed by atoms with Gasteiger partial charge in [-0.25, -0.2) is 4.79 Å². The number of hydrogen-bond acceptors (Lipinski definition) is 7. The fourth-order valence-electron chi connectivity index (χ4n) is 3.49. The number of carbonyl (C=O) groups is 4. The van der Waals surface area contributed by atoms with Gasteiger partial charge in [0.1, 0.15) is 18.1 Å². The molecule has 11 heteroatoms. The number of aliphatic carboxylic acids is 1. The fourth-order valence-corrected chi connectivity index (χ4v) is 3.96. The molecule has 1 heterocycles. The number of carbonyl (C=O) groups excluding carboxylic acids is 3. The van der Waals surface area contributed by atoms with Gasteiger partial charge in [-0.05, 0) is 69.5 Å². The summed E-state index contributed by atoms with van der Waals surface area (Å²) < 4.78 is 0. The van der Waals surface area contributed by atoms with Gasteiger partial charge in [-0.2, -0.15) is 11.8 Å². The molecule has 184 valence electrons. The molecule has 0 bridgehead atoms. The minimum absolute atomic E-state index is 0.193. The number of carboxylic acid groups (broad SMARTS) is 1. The Kier molecular flexibility index (Phi) is 13.3. The molecule has 0 aliphatic carbocycles. The van der Waals surface area contributed by atoms with Gasteiger partial charge in [0.2, 0.25) is 17.7 Å². The molecule has 4 atom stereocenters. The maximum atomic E-state index is 13.0. The van der Waals surface area contributed by atoms with E-state index in [9.17, 15) is 24.3 Å². The average Bonchev–Trinajstić information content (AvgIpc) is 3.28. The van der Waals surface area contributed by atoms with Gasteiger partial charge in [0, 0.05) is 0 Å². The summed E-state index contributed by atoms with van der Waals surface area (Å²) in [5.74, 6) is -1.97. The number of nitrogens with two attached hydrogens (primary N) is 1. The van der Waals surface area contributed by atoms with Crippen LogP contribution in [0.3, 0.4) is 0 Å². The quantitative estimate of drug-likeness (QED) is 0.178. The van der Waals surface area contributed by atoms with Crippen LogP contribution in [0.2, 0.25) is 0 Å². The molecule has 0 aromatic heterocycles. The third kappa shape index (κ3) is 9.74. The Morgan fingerprint density at radius 1 is 1.06 bits per heavy atom. The molecule has 7 N–H and O–H groups in total. The maximum Gasteiger partial charge on any atom is 0.326 e. The molecule has 1 aliphatic rings. The summed E-state index contributed by atoms with van der Waals surface area (Å²) in [5.41, 5.74) is 5.55. The largest absolute Gasteiger partial charge is 0.480 e. The number of carboxylic acids is 1. The Labute approximate surface area is 194 Å². The molecule has 1 aliphatic heterocycles. The molecular weight excluding hydrogens is 434 g/mol. The lowest BCUT2D eigenvalue weighted by atomic mass is 10.0. The van der Waals surface area contributed by atoms with Crippen molar-refractivity contribution in [3.63, 3.8) is 0 Å². The molecule has 0 spiro atoms. The van der Waals surface area contributed by atoms with Gasteiger partial charge in [-0.1, -0.05) is 13.8 Å². The second kappa shape index (κ2) is 15.1. The minimum Gasteiger partial charge on any atom is -0.480 e. The summed E-state index contributed by atoms with van der Waals surface area (Å²) in [7, 11) is 0. The molecule has 0 radical (unpaired) electrons. The van der Waals surface area contributed by atoms with Gasteiger partial charge < -0.3 is 32.1 Å². The molecule has 4 unspecified atom stereocenters. The van der Waals surface area contributed by atoms with Gasteiger partial charge in [-0.3, -0.25) is 14.4 Å². The van der Waals surface area contributed by atoms with E-state index in [1.54, 1.807) is 0 Å². The van der Waals surface area contributed by atoms with Crippen molar-refractivity contribution < 1.29 is 24.3 Å². The Hall–Kier alpha value is -1.85. The van der Waals surface area contributed by atoms with Crippen molar-refractivity contribution >= 4 is 35.5 Å². The first-order valence-electron chi connectivity index (χ1n) is 11.3. The zero-order valence-electron chi connectivity index (χ0n) is 19.3. The van der Waals surface area contributed by atoms with E-state index in [2.05, 4.69) is 21.3 Å². The van der Waals surface area contributed by atoms with Crippen LogP contribution < -0.4 is 27.0 Å². The van der Waals surface area contributed by atoms with E-state index in [0.717, 1.165) is 19.4 Å². The number of amides is 3. The fraction of sp³-hybridized carbons (Fsp3) is 0.810. The van der Waals surface area contributed by atoms with E-state index >= 15 is 0 Å². The first-order valence-corrected chi connectivity index (χ1v) is 12.7. The van der Waals surface area contributed by atoms with E-state index in [1.807, 2.05) is 20.1 Å². The monoisotopic (exact) mass is 473 g/mol. The Morgan fingerprint density at radius 2 is 1.75 bits per heavy atom. The van der Waals surface area contributed by atoms with Crippen LogP contribution >= 0.6 is 11.8 Å². The summed E-state index contributed by atoms with van der Waals surface area (Å²) in [4.78, 5) is 49.9. The van der Waals surface area contributed by atoms with Gasteiger partial charge >= 0.3 is 5.97 Å². The summed E-state index contributed by atoms with van der Waals surface area (Å²) in [6.07, 6.45) is 5.36. The van der Waals surface area contributed by atoms with Crippen LogP contribution in [0.15, 0.2) is 0 Å². The number of nitrogens with one attached hydrogen (secondary N) is 4. The maximum absolute atomic E-state index is 13.0. The first kappa shape index (κ1) is 28.2. The third-order valence-corrected chi connectivity index (χ3v) is 6.07. The summed E-state index contributed by atoms with van der Waals surface area (Å²) in [6, 6.07) is -3.06. The van der Waals surface area contributed by atoms with Crippen molar-refractivity contribution in [2.75, 3.05) is 25.1 Å². The lowest BCUT2D eigenvalue weighted by Crippen LogP contribution is -2.58. The molecule has 0 saturated carbocycles. The van der Waals surface area contributed by atoms with E-state index in [0.29, 0.717) is 31.6 Å². The van der Waals surface area contributed by atoms with Crippen molar-refractivity contribution in [2.45, 2.75) is 76.5 Å². The first-order chi connectivity index (χ1) is 15.2. The van der Waals surface area contributed by atoms with Gasteiger partial charge in [0.05, 0.1) is 6.04 Å². The highest BCUT2D eigenvalue weighted by Gasteiger charge is 2.32. The van der Waals surface area contributed by atoms with Crippen LogP contribution in [0, 0.1) is 5.92 Å². The number of unbranched alkanes of at least 4 members (excludes halogenated alkanes) is 1. The Balaban J connectivity index is 2.85. The molecule has 1 rings (SSSR count). The van der Waals surface area contributed by atoms with Crippen molar-refractivity contribution in [1.82, 2.24) is 21.3 Å². The second-order valence-corrected chi connectivity index (χ2v) is 9.39. The van der Waals surface area contributed by atoms with Crippen LogP contribution in [-0.4, -0.2) is 78.1 Å². The second-order valence-electron chi connectivity index (χ2n) is 8.41. The molecule has 10 nitrogen and oxygen atoms in total. The zero-order valence-corrected chi connectivity index (χ0v) is 20.1. The predicted octanol–water partition coefficient (Wildman–Crippen LogP) is -0.184. The standard InChI is InChI=1S/C21H39N5O5S/c1-13(2)17(26-18(27)14-8-6-11-23-14)20(29)24-15(7-4-5-10-22)19(28)25-16(21(30)31)9-12-32-3/h13-17,23H,4-12,22H2,1-3H3,(H,24,29)(H,25,28)(H,26,27)(H,30,31). The van der Waals surface area contributed by atoms with Crippen LogP contribution in [-0.2, 0) is 19.2 Å². The summed E-state index contributed by atoms with van der Waals surface area (Å²) in [6.45, 7) is 4.85. The average molecular weight is 474 g/mol. The highest BCUT2D eigenvalue weighted by molar-refractivity contribution is 7.98. The van der Waals surface area contributed by atoms with Crippen molar-refractivity contribution in [3.8, 4) is 0 Å². The van der Waals surface area contributed by atoms with Crippen LogP contribution in [0.1, 0.15) is 52.4 Å². The Bertz CT molecular complexity index is 628. The molecule has 32 heavy (non-hydrogen) atoms. The summed E-state index contributed by atoms with van der Waals surface area (Å²) >= 11 is 1.49. The number of hydrogen-bond donors (Lipinski definition) is 6. The highest BCUT2D eigenvalue weighted by Crippen LogP contribution is 2.10. The van der Waals surface area contributed by atoms with Gasteiger partial charge in [0.15, 0.2) is 0 Å². The molecule has 0 aromatic rings. The number of thioether (sulfide) groups is 1. The van der Waals surface area contributed by atoms with E-state index in [4.69, 9.17) is 5.73 Å². The Morgan fingerprint density at radius 3 is 2.28 bits per heavy atom. The topological polar surface area (TPSA) is 163 Å². The normalized spacial score (nSPS) is 18.6. The van der Waals surface area contributed by atoms with E-state index < -0.39 is 35.9 Å². The smallest absolute Gasteiger partial charge is 0.326 e. The lowest BCUT2D eigenvalue weighted by Gasteiger charge is -2.27. The highest BCUT2D eigenvalue weighted by atomic mass is 32.2. The molecule has 1 saturated heterocycles. The van der Waals surface area contributed by atoms with Crippen molar-refractivity contribution in [3.05, 3.63) is 0 Å². The van der Waals surface area contributed by atoms with Crippen molar-refractivity contribution in [2.24, 2.45) is 11.7 Å². The van der Waals surface area contributed by atoms with Crippen LogP contribution in [0.25, 0.3) is 0 Å². The molecule has 3 amide bonds. The zero-order chi connectivity index (χ0) is 24.1. The minimum atomic E-state index is -1.11. The van der Waals surface area contributed by atoms with Gasteiger partial charge in [0.25, 0.3) is 0 Å². The predicted molar refractivity (Wildman–Crippen MR) is 125 cm³/mol.